The first kappa shape index (κ1) is 13.2. The Morgan fingerprint density at radius 3 is 2.25 bits per heavy atom. The average Bonchev–Trinajstić information content (AvgIpc) is 2.47. The van der Waals surface area contributed by atoms with Crippen molar-refractivity contribution in [3.8, 4) is 0 Å². The Bertz CT molecular complexity index is 509. The fourth-order valence-corrected chi connectivity index (χ4v) is 2.27. The van der Waals surface area contributed by atoms with Crippen molar-refractivity contribution < 1.29 is 9.47 Å². The molecule has 0 N–H and O–H groups in total. The zero-order chi connectivity index (χ0) is 13.6. The van der Waals surface area contributed by atoms with Crippen molar-refractivity contribution in [2.45, 2.75) is 12.7 Å². The van der Waals surface area contributed by atoms with Gasteiger partial charge in [0.15, 0.2) is 0 Å². The SMILES string of the molecule is c1ccc(COCOC2CN(c3ccccc3)C2)cc1. The minimum absolute atomic E-state index is 0.283. The van der Waals surface area contributed by atoms with Crippen molar-refractivity contribution in [2.24, 2.45) is 0 Å². The summed E-state index contributed by atoms with van der Waals surface area (Å²) in [4.78, 5) is 2.31. The molecule has 0 bridgehead atoms. The standard InChI is InChI=1S/C17H19NO2/c1-3-7-15(8-4-1)13-19-14-20-17-11-18(12-17)16-9-5-2-6-10-16/h1-10,17H,11-14H2. The molecule has 0 aromatic heterocycles. The minimum Gasteiger partial charge on any atom is -0.366 e. The summed E-state index contributed by atoms with van der Waals surface area (Å²) >= 11 is 0. The number of rotatable bonds is 6. The maximum absolute atomic E-state index is 5.69. The summed E-state index contributed by atoms with van der Waals surface area (Å²) in [6.45, 7) is 2.86. The van der Waals surface area contributed by atoms with Crippen molar-refractivity contribution in [3.05, 3.63) is 66.2 Å². The summed E-state index contributed by atoms with van der Waals surface area (Å²) < 4.78 is 11.2. The zero-order valence-corrected chi connectivity index (χ0v) is 11.4. The van der Waals surface area contributed by atoms with Crippen LogP contribution in [-0.4, -0.2) is 26.0 Å². The second kappa shape index (κ2) is 6.55. The molecule has 3 rings (SSSR count). The highest BCUT2D eigenvalue weighted by Crippen LogP contribution is 2.21. The van der Waals surface area contributed by atoms with Gasteiger partial charge in [-0.1, -0.05) is 48.5 Å². The Hall–Kier alpha value is -1.84. The van der Waals surface area contributed by atoms with Crippen molar-refractivity contribution in [2.75, 3.05) is 24.8 Å². The van der Waals surface area contributed by atoms with Gasteiger partial charge in [-0.05, 0) is 17.7 Å². The quantitative estimate of drug-likeness (QED) is 0.594. The van der Waals surface area contributed by atoms with Gasteiger partial charge in [-0.25, -0.2) is 0 Å². The largest absolute Gasteiger partial charge is 0.366 e. The molecule has 2 aromatic rings. The number of hydrogen-bond acceptors (Lipinski definition) is 3. The molecule has 0 unspecified atom stereocenters. The van der Waals surface area contributed by atoms with E-state index in [-0.39, 0.29) is 6.10 Å². The molecule has 1 fully saturated rings. The van der Waals surface area contributed by atoms with Crippen LogP contribution in [-0.2, 0) is 16.1 Å². The molecule has 0 spiro atoms. The Morgan fingerprint density at radius 2 is 1.55 bits per heavy atom. The summed E-state index contributed by atoms with van der Waals surface area (Å²) in [6, 6.07) is 20.6. The number of benzene rings is 2. The molecule has 0 atom stereocenters. The van der Waals surface area contributed by atoms with Crippen LogP contribution in [0.4, 0.5) is 5.69 Å². The maximum Gasteiger partial charge on any atom is 0.147 e. The molecule has 0 radical (unpaired) electrons. The van der Waals surface area contributed by atoms with Crippen LogP contribution in [0.15, 0.2) is 60.7 Å². The second-order valence-corrected chi connectivity index (χ2v) is 4.98. The zero-order valence-electron chi connectivity index (χ0n) is 11.4. The molecule has 104 valence electrons. The third-order valence-corrected chi connectivity index (χ3v) is 3.47. The molecule has 20 heavy (non-hydrogen) atoms. The molecule has 2 aromatic carbocycles. The van der Waals surface area contributed by atoms with Gasteiger partial charge in [0, 0.05) is 18.8 Å². The van der Waals surface area contributed by atoms with Gasteiger partial charge in [0.25, 0.3) is 0 Å². The third kappa shape index (κ3) is 3.38. The molecule has 1 aliphatic heterocycles. The van der Waals surface area contributed by atoms with Gasteiger partial charge in [-0.15, -0.1) is 0 Å². The van der Waals surface area contributed by atoms with Crippen molar-refractivity contribution in [1.82, 2.24) is 0 Å². The smallest absolute Gasteiger partial charge is 0.147 e. The Labute approximate surface area is 119 Å². The van der Waals surface area contributed by atoms with Gasteiger partial charge in [0.1, 0.15) is 6.79 Å². The van der Waals surface area contributed by atoms with Crippen LogP contribution >= 0.6 is 0 Å². The number of anilines is 1. The molecular formula is C17H19NO2. The molecule has 3 nitrogen and oxygen atoms in total. The first-order valence-electron chi connectivity index (χ1n) is 6.95. The lowest BCUT2D eigenvalue weighted by molar-refractivity contribution is -0.102. The van der Waals surface area contributed by atoms with E-state index >= 15 is 0 Å². The van der Waals surface area contributed by atoms with E-state index < -0.39 is 0 Å². The predicted octanol–water partition coefficient (Wildman–Crippen LogP) is 3.07. The average molecular weight is 269 g/mol. The molecule has 0 amide bonds. The van der Waals surface area contributed by atoms with Crippen LogP contribution in [0.2, 0.25) is 0 Å². The van der Waals surface area contributed by atoms with Crippen LogP contribution in [0.5, 0.6) is 0 Å². The van der Waals surface area contributed by atoms with Crippen molar-refractivity contribution in [3.63, 3.8) is 0 Å². The first-order chi connectivity index (χ1) is 9.92. The van der Waals surface area contributed by atoms with E-state index in [1.807, 2.05) is 24.3 Å². The maximum atomic E-state index is 5.69. The normalized spacial score (nSPS) is 15.1. The van der Waals surface area contributed by atoms with E-state index in [0.29, 0.717) is 13.4 Å². The third-order valence-electron chi connectivity index (χ3n) is 3.47. The summed E-state index contributed by atoms with van der Waals surface area (Å²) in [5, 5.41) is 0. The van der Waals surface area contributed by atoms with Gasteiger partial charge in [0.05, 0.1) is 12.7 Å². The lowest BCUT2D eigenvalue weighted by atomic mass is 10.1. The molecule has 0 aliphatic carbocycles. The van der Waals surface area contributed by atoms with Crippen LogP contribution in [0.25, 0.3) is 0 Å². The Morgan fingerprint density at radius 1 is 0.900 bits per heavy atom. The summed E-state index contributed by atoms with van der Waals surface area (Å²) in [5.41, 5.74) is 2.44. The van der Waals surface area contributed by atoms with E-state index in [0.717, 1.165) is 13.1 Å². The Kier molecular flexibility index (Phi) is 4.31. The monoisotopic (exact) mass is 269 g/mol. The number of ether oxygens (including phenoxy) is 2. The van der Waals surface area contributed by atoms with Crippen LogP contribution in [0.1, 0.15) is 5.56 Å². The van der Waals surface area contributed by atoms with Gasteiger partial charge < -0.3 is 14.4 Å². The molecule has 3 heteroatoms. The van der Waals surface area contributed by atoms with E-state index in [1.54, 1.807) is 0 Å². The minimum atomic E-state index is 0.283. The van der Waals surface area contributed by atoms with E-state index in [4.69, 9.17) is 9.47 Å². The highest BCUT2D eigenvalue weighted by molar-refractivity contribution is 5.48. The van der Waals surface area contributed by atoms with E-state index in [9.17, 15) is 0 Å². The van der Waals surface area contributed by atoms with Crippen molar-refractivity contribution in [1.29, 1.82) is 0 Å². The van der Waals surface area contributed by atoms with Crippen LogP contribution in [0, 0.1) is 0 Å². The van der Waals surface area contributed by atoms with E-state index in [2.05, 4.69) is 41.3 Å². The molecule has 1 aliphatic rings. The van der Waals surface area contributed by atoms with E-state index in [1.165, 1.54) is 11.3 Å². The molecular weight excluding hydrogens is 250 g/mol. The topological polar surface area (TPSA) is 21.7 Å². The molecule has 0 saturated carbocycles. The number of nitrogens with zero attached hydrogens (tertiary/aromatic N) is 1. The summed E-state index contributed by atoms with van der Waals surface area (Å²) in [5.74, 6) is 0. The summed E-state index contributed by atoms with van der Waals surface area (Å²) in [6.07, 6.45) is 0.283. The molecule has 1 heterocycles. The fourth-order valence-electron chi connectivity index (χ4n) is 2.27. The number of hydrogen-bond donors (Lipinski definition) is 0. The van der Waals surface area contributed by atoms with Crippen LogP contribution < -0.4 is 4.90 Å². The fraction of sp³-hybridized carbons (Fsp3) is 0.294. The lowest BCUT2D eigenvalue weighted by Crippen LogP contribution is -2.52. The molecule has 1 saturated heterocycles. The van der Waals surface area contributed by atoms with Gasteiger partial charge in [-0.2, -0.15) is 0 Å². The number of para-hydroxylation sites is 1. The highest BCUT2D eigenvalue weighted by atomic mass is 16.7. The Balaban J connectivity index is 1.32. The van der Waals surface area contributed by atoms with Gasteiger partial charge >= 0.3 is 0 Å². The highest BCUT2D eigenvalue weighted by Gasteiger charge is 2.27. The predicted molar refractivity (Wildman–Crippen MR) is 79.6 cm³/mol. The van der Waals surface area contributed by atoms with Crippen LogP contribution in [0.3, 0.4) is 0 Å². The second-order valence-electron chi connectivity index (χ2n) is 4.98. The van der Waals surface area contributed by atoms with Crippen molar-refractivity contribution >= 4 is 5.69 Å². The first-order valence-corrected chi connectivity index (χ1v) is 6.95. The van der Waals surface area contributed by atoms with Gasteiger partial charge in [0.2, 0.25) is 0 Å². The van der Waals surface area contributed by atoms with Gasteiger partial charge in [-0.3, -0.25) is 0 Å². The lowest BCUT2D eigenvalue weighted by Gasteiger charge is -2.40. The summed E-state index contributed by atoms with van der Waals surface area (Å²) in [7, 11) is 0.